The Morgan fingerprint density at radius 3 is 2.64 bits per heavy atom. The number of fused-ring (bicyclic) bond motifs is 3. The molecular weight excluding hydrogens is 318 g/mol. The van der Waals surface area contributed by atoms with Crippen molar-refractivity contribution in [3.63, 3.8) is 0 Å². The molecule has 0 aliphatic carbocycles. The maximum Gasteiger partial charge on any atom is 0.407 e. The summed E-state index contributed by atoms with van der Waals surface area (Å²) in [6, 6.07) is 10.7. The number of benzene rings is 1. The number of likely N-dealkylation sites (tertiary alicyclic amines) is 1. The summed E-state index contributed by atoms with van der Waals surface area (Å²) in [4.78, 5) is 19.5. The van der Waals surface area contributed by atoms with Crippen LogP contribution in [0.1, 0.15) is 6.42 Å². The lowest BCUT2D eigenvalue weighted by molar-refractivity contribution is 0.137. The molecule has 1 amide bonds. The van der Waals surface area contributed by atoms with Crippen LogP contribution in [0.5, 0.6) is 0 Å². The van der Waals surface area contributed by atoms with Crippen LogP contribution in [0.4, 0.5) is 10.5 Å². The molecule has 0 radical (unpaired) electrons. The number of carboxylic acid groups (broad SMARTS) is 1. The van der Waals surface area contributed by atoms with E-state index >= 15 is 0 Å². The Kier molecular flexibility index (Phi) is 2.97. The van der Waals surface area contributed by atoms with Gasteiger partial charge in [0.25, 0.3) is 0 Å². The molecule has 7 nitrogen and oxygen atoms in total. The van der Waals surface area contributed by atoms with Crippen molar-refractivity contribution in [2.24, 2.45) is 0 Å². The van der Waals surface area contributed by atoms with E-state index in [0.29, 0.717) is 6.54 Å². The molecule has 2 unspecified atom stereocenters. The second-order valence-electron chi connectivity index (χ2n) is 6.65. The molecule has 7 heteroatoms. The molecule has 25 heavy (non-hydrogen) atoms. The van der Waals surface area contributed by atoms with Crippen molar-refractivity contribution in [1.82, 2.24) is 19.5 Å². The molecule has 2 fully saturated rings. The number of hydrogen-bond donors (Lipinski definition) is 1. The first-order chi connectivity index (χ1) is 12.2. The predicted molar refractivity (Wildman–Crippen MR) is 92.7 cm³/mol. The second kappa shape index (κ2) is 5.20. The summed E-state index contributed by atoms with van der Waals surface area (Å²) in [7, 11) is 0. The number of anilines is 1. The number of piperazine rings is 1. The van der Waals surface area contributed by atoms with Crippen LogP contribution in [0.25, 0.3) is 16.8 Å². The summed E-state index contributed by atoms with van der Waals surface area (Å²) in [5.74, 6) is 0. The van der Waals surface area contributed by atoms with Gasteiger partial charge in [0.1, 0.15) is 0 Å². The van der Waals surface area contributed by atoms with E-state index in [9.17, 15) is 9.90 Å². The van der Waals surface area contributed by atoms with E-state index in [4.69, 9.17) is 0 Å². The summed E-state index contributed by atoms with van der Waals surface area (Å²) in [5, 5.41) is 13.4. The highest BCUT2D eigenvalue weighted by molar-refractivity contribution is 5.69. The molecule has 2 atom stereocenters. The Morgan fingerprint density at radius 1 is 1.08 bits per heavy atom. The van der Waals surface area contributed by atoms with E-state index in [1.807, 2.05) is 18.5 Å². The van der Waals surface area contributed by atoms with Crippen LogP contribution in [-0.4, -0.2) is 55.9 Å². The molecule has 4 heterocycles. The van der Waals surface area contributed by atoms with Gasteiger partial charge in [-0.2, -0.15) is 5.10 Å². The van der Waals surface area contributed by atoms with Gasteiger partial charge in [-0.25, -0.2) is 14.3 Å². The average Bonchev–Trinajstić information content (AvgIpc) is 3.36. The molecule has 2 aromatic heterocycles. The maximum absolute atomic E-state index is 11.2. The Balaban J connectivity index is 1.38. The third-order valence-corrected chi connectivity index (χ3v) is 5.27. The van der Waals surface area contributed by atoms with E-state index in [-0.39, 0.29) is 12.1 Å². The quantitative estimate of drug-likeness (QED) is 0.778. The topological polar surface area (TPSA) is 74.0 Å². The summed E-state index contributed by atoms with van der Waals surface area (Å²) >= 11 is 0. The molecule has 2 saturated heterocycles. The average molecular weight is 335 g/mol. The van der Waals surface area contributed by atoms with Gasteiger partial charge in [-0.1, -0.05) is 12.1 Å². The molecule has 5 rings (SSSR count). The first kappa shape index (κ1) is 14.3. The van der Waals surface area contributed by atoms with Crippen molar-refractivity contribution in [1.29, 1.82) is 0 Å². The first-order valence-electron chi connectivity index (χ1n) is 8.35. The Morgan fingerprint density at radius 2 is 1.92 bits per heavy atom. The molecular formula is C18H17N5O2. The van der Waals surface area contributed by atoms with Crippen LogP contribution in [0, 0.1) is 0 Å². The third-order valence-electron chi connectivity index (χ3n) is 5.27. The fourth-order valence-electron chi connectivity index (χ4n) is 4.02. The van der Waals surface area contributed by atoms with Gasteiger partial charge < -0.3 is 14.9 Å². The number of hydrogen-bond acceptors (Lipinski definition) is 4. The zero-order valence-electron chi connectivity index (χ0n) is 13.5. The third kappa shape index (κ3) is 2.23. The van der Waals surface area contributed by atoms with Crippen LogP contribution < -0.4 is 4.90 Å². The summed E-state index contributed by atoms with van der Waals surface area (Å²) in [5.41, 5.74) is 4.08. The molecule has 2 aliphatic rings. The van der Waals surface area contributed by atoms with Gasteiger partial charge in [0.15, 0.2) is 5.65 Å². The van der Waals surface area contributed by atoms with Crippen molar-refractivity contribution >= 4 is 17.4 Å². The van der Waals surface area contributed by atoms with Gasteiger partial charge in [0.2, 0.25) is 0 Å². The molecule has 126 valence electrons. The molecule has 2 bridgehead atoms. The number of nitrogens with zero attached hydrogens (tertiary/aromatic N) is 5. The largest absolute Gasteiger partial charge is 0.465 e. The van der Waals surface area contributed by atoms with Crippen LogP contribution in [-0.2, 0) is 0 Å². The highest BCUT2D eigenvalue weighted by atomic mass is 16.4. The van der Waals surface area contributed by atoms with Crippen LogP contribution in [0.2, 0.25) is 0 Å². The van der Waals surface area contributed by atoms with Gasteiger partial charge in [0, 0.05) is 48.8 Å². The van der Waals surface area contributed by atoms with Gasteiger partial charge in [-0.15, -0.1) is 0 Å². The summed E-state index contributed by atoms with van der Waals surface area (Å²) in [6.45, 7) is 1.37. The van der Waals surface area contributed by atoms with Gasteiger partial charge >= 0.3 is 6.09 Å². The highest BCUT2D eigenvalue weighted by Crippen LogP contribution is 2.35. The molecule has 0 spiro atoms. The normalized spacial score (nSPS) is 22.1. The lowest BCUT2D eigenvalue weighted by Gasteiger charge is -2.34. The van der Waals surface area contributed by atoms with Crippen molar-refractivity contribution in [2.45, 2.75) is 18.5 Å². The molecule has 3 aromatic rings. The minimum atomic E-state index is -0.802. The lowest BCUT2D eigenvalue weighted by Crippen LogP contribution is -2.48. The van der Waals surface area contributed by atoms with Gasteiger partial charge in [-0.3, -0.25) is 0 Å². The molecule has 1 N–H and O–H groups in total. The molecule has 1 aromatic carbocycles. The number of rotatable bonds is 2. The molecule has 0 saturated carbocycles. The maximum atomic E-state index is 11.2. The van der Waals surface area contributed by atoms with E-state index in [1.165, 1.54) is 0 Å². The standard InChI is InChI=1S/C18H17N5O2/c24-18(25)22-11-15-7-16(22)10-21(15)14-3-1-12(2-4-14)13-8-19-17-5-6-20-23(17)9-13/h1-6,8-9,15-16H,7,10-11H2,(H,24,25). The van der Waals surface area contributed by atoms with Crippen molar-refractivity contribution in [3.8, 4) is 11.1 Å². The fourth-order valence-corrected chi connectivity index (χ4v) is 4.02. The SMILES string of the molecule is O=C(O)N1CC2CC1CN2c1ccc(-c2cnc3ccnn3c2)cc1. The number of aromatic nitrogens is 3. The number of amides is 1. The van der Waals surface area contributed by atoms with E-state index in [0.717, 1.165) is 35.4 Å². The van der Waals surface area contributed by atoms with Crippen molar-refractivity contribution in [3.05, 3.63) is 48.9 Å². The fraction of sp³-hybridized carbons (Fsp3) is 0.278. The van der Waals surface area contributed by atoms with Crippen molar-refractivity contribution < 1.29 is 9.90 Å². The minimum absolute atomic E-state index is 0.119. The number of carbonyl (C=O) groups is 1. The molecule has 2 aliphatic heterocycles. The highest BCUT2D eigenvalue weighted by Gasteiger charge is 2.45. The van der Waals surface area contributed by atoms with E-state index in [1.54, 1.807) is 15.6 Å². The van der Waals surface area contributed by atoms with Gasteiger partial charge in [0.05, 0.1) is 12.2 Å². The zero-order chi connectivity index (χ0) is 17.0. The minimum Gasteiger partial charge on any atom is -0.465 e. The van der Waals surface area contributed by atoms with Crippen LogP contribution in [0.3, 0.4) is 0 Å². The van der Waals surface area contributed by atoms with Gasteiger partial charge in [-0.05, 0) is 24.1 Å². The van der Waals surface area contributed by atoms with E-state index in [2.05, 4.69) is 39.2 Å². The van der Waals surface area contributed by atoms with Crippen molar-refractivity contribution in [2.75, 3.05) is 18.0 Å². The lowest BCUT2D eigenvalue weighted by atomic mass is 10.1. The predicted octanol–water partition coefficient (Wildman–Crippen LogP) is 2.34. The summed E-state index contributed by atoms with van der Waals surface area (Å²) in [6.07, 6.45) is 5.68. The smallest absolute Gasteiger partial charge is 0.407 e. The second-order valence-corrected chi connectivity index (χ2v) is 6.65. The summed E-state index contributed by atoms with van der Waals surface area (Å²) < 4.78 is 1.77. The monoisotopic (exact) mass is 335 g/mol. The van der Waals surface area contributed by atoms with Crippen LogP contribution >= 0.6 is 0 Å². The Bertz CT molecular complexity index is 952. The van der Waals surface area contributed by atoms with Crippen LogP contribution in [0.15, 0.2) is 48.9 Å². The Hall–Kier alpha value is -3.09. The first-order valence-corrected chi connectivity index (χ1v) is 8.35. The Labute approximate surface area is 144 Å². The zero-order valence-corrected chi connectivity index (χ0v) is 13.5. The van der Waals surface area contributed by atoms with E-state index < -0.39 is 6.09 Å².